The van der Waals surface area contributed by atoms with Crippen molar-refractivity contribution in [2.45, 2.75) is 6.92 Å². The molecule has 0 spiro atoms. The first-order chi connectivity index (χ1) is 9.10. The summed E-state index contributed by atoms with van der Waals surface area (Å²) >= 11 is 0. The minimum absolute atomic E-state index is 0.0779. The first kappa shape index (κ1) is 13.0. The topological polar surface area (TPSA) is 58.6 Å². The van der Waals surface area contributed by atoms with Gasteiger partial charge in [0.15, 0.2) is 0 Å². The minimum Gasteiger partial charge on any atom is -0.506 e. The van der Waals surface area contributed by atoms with E-state index in [9.17, 15) is 9.90 Å². The highest BCUT2D eigenvalue weighted by molar-refractivity contribution is 5.91. The molecular weight excluding hydrogens is 242 g/mol. The van der Waals surface area contributed by atoms with Gasteiger partial charge < -0.3 is 15.2 Å². The third kappa shape index (κ3) is 3.04. The SMILES string of the molecule is COC(=O)c1ccc(O)c(Nc2cccc(C)c2)c1. The van der Waals surface area contributed by atoms with Gasteiger partial charge in [-0.05, 0) is 42.8 Å². The molecule has 0 aromatic heterocycles. The number of anilines is 2. The summed E-state index contributed by atoms with van der Waals surface area (Å²) in [6.07, 6.45) is 0. The Balaban J connectivity index is 2.31. The summed E-state index contributed by atoms with van der Waals surface area (Å²) in [5.74, 6) is -0.360. The molecule has 19 heavy (non-hydrogen) atoms. The Morgan fingerprint density at radius 2 is 2.00 bits per heavy atom. The van der Waals surface area contributed by atoms with E-state index in [1.807, 2.05) is 31.2 Å². The average Bonchev–Trinajstić information content (AvgIpc) is 2.40. The van der Waals surface area contributed by atoms with E-state index >= 15 is 0 Å². The molecule has 0 saturated carbocycles. The van der Waals surface area contributed by atoms with Crippen LogP contribution in [-0.4, -0.2) is 18.2 Å². The molecule has 0 radical (unpaired) electrons. The van der Waals surface area contributed by atoms with Crippen LogP contribution in [0.25, 0.3) is 0 Å². The summed E-state index contributed by atoms with van der Waals surface area (Å²) < 4.78 is 4.65. The Labute approximate surface area is 111 Å². The van der Waals surface area contributed by atoms with Crippen LogP contribution in [0.4, 0.5) is 11.4 Å². The zero-order valence-electron chi connectivity index (χ0n) is 10.8. The molecule has 0 aliphatic carbocycles. The zero-order chi connectivity index (χ0) is 13.8. The van der Waals surface area contributed by atoms with Crippen LogP contribution in [0.3, 0.4) is 0 Å². The van der Waals surface area contributed by atoms with Crippen LogP contribution < -0.4 is 5.32 Å². The number of benzene rings is 2. The number of ether oxygens (including phenoxy) is 1. The van der Waals surface area contributed by atoms with Crippen LogP contribution in [0.1, 0.15) is 15.9 Å². The zero-order valence-corrected chi connectivity index (χ0v) is 10.8. The van der Waals surface area contributed by atoms with Gasteiger partial charge in [0.25, 0.3) is 0 Å². The smallest absolute Gasteiger partial charge is 0.337 e. The first-order valence-corrected chi connectivity index (χ1v) is 5.85. The number of carbonyl (C=O) groups is 1. The number of carbonyl (C=O) groups excluding carboxylic acids is 1. The molecule has 4 nitrogen and oxygen atoms in total. The lowest BCUT2D eigenvalue weighted by molar-refractivity contribution is 0.0601. The monoisotopic (exact) mass is 257 g/mol. The molecule has 98 valence electrons. The molecular formula is C15H15NO3. The number of phenols is 1. The number of hydrogen-bond acceptors (Lipinski definition) is 4. The number of aromatic hydroxyl groups is 1. The maximum atomic E-state index is 11.5. The fraction of sp³-hybridized carbons (Fsp3) is 0.133. The second kappa shape index (κ2) is 5.44. The Hall–Kier alpha value is -2.49. The van der Waals surface area contributed by atoms with Gasteiger partial charge in [-0.25, -0.2) is 4.79 Å². The third-order valence-electron chi connectivity index (χ3n) is 2.71. The number of esters is 1. The molecule has 0 amide bonds. The fourth-order valence-corrected chi connectivity index (χ4v) is 1.76. The summed E-state index contributed by atoms with van der Waals surface area (Å²) in [5, 5.41) is 12.9. The van der Waals surface area contributed by atoms with Crippen molar-refractivity contribution in [1.29, 1.82) is 0 Å². The Morgan fingerprint density at radius 3 is 2.68 bits per heavy atom. The van der Waals surface area contributed by atoms with Crippen molar-refractivity contribution in [3.05, 3.63) is 53.6 Å². The number of aryl methyl sites for hydroxylation is 1. The Bertz CT molecular complexity index is 608. The predicted molar refractivity (Wildman–Crippen MR) is 73.9 cm³/mol. The molecule has 0 bridgehead atoms. The highest BCUT2D eigenvalue weighted by Gasteiger charge is 2.09. The lowest BCUT2D eigenvalue weighted by Crippen LogP contribution is -2.02. The van der Waals surface area contributed by atoms with Gasteiger partial charge in [-0.3, -0.25) is 0 Å². The molecule has 0 heterocycles. The lowest BCUT2D eigenvalue weighted by atomic mass is 10.1. The number of phenolic OH excluding ortho intramolecular Hbond substituents is 1. The van der Waals surface area contributed by atoms with Crippen molar-refractivity contribution < 1.29 is 14.6 Å². The molecule has 2 aromatic carbocycles. The lowest BCUT2D eigenvalue weighted by Gasteiger charge is -2.10. The molecule has 0 aliphatic rings. The first-order valence-electron chi connectivity index (χ1n) is 5.85. The van der Waals surface area contributed by atoms with E-state index in [0.717, 1.165) is 11.3 Å². The Kier molecular flexibility index (Phi) is 3.71. The number of rotatable bonds is 3. The molecule has 2 aromatic rings. The van der Waals surface area contributed by atoms with Crippen molar-refractivity contribution in [3.63, 3.8) is 0 Å². The number of hydrogen-bond donors (Lipinski definition) is 2. The summed E-state index contributed by atoms with van der Waals surface area (Å²) in [5.41, 5.74) is 2.80. The molecule has 0 atom stereocenters. The third-order valence-corrected chi connectivity index (χ3v) is 2.71. The summed E-state index contributed by atoms with van der Waals surface area (Å²) in [4.78, 5) is 11.5. The largest absolute Gasteiger partial charge is 0.506 e. The maximum Gasteiger partial charge on any atom is 0.337 e. The van der Waals surface area contributed by atoms with Gasteiger partial charge in [0, 0.05) is 5.69 Å². The van der Waals surface area contributed by atoms with Gasteiger partial charge in [0.05, 0.1) is 18.4 Å². The van der Waals surface area contributed by atoms with E-state index in [4.69, 9.17) is 0 Å². The quantitative estimate of drug-likeness (QED) is 0.654. The molecule has 0 aliphatic heterocycles. The van der Waals surface area contributed by atoms with E-state index in [2.05, 4.69) is 10.1 Å². The summed E-state index contributed by atoms with van der Waals surface area (Å²) in [6.45, 7) is 1.98. The van der Waals surface area contributed by atoms with Gasteiger partial charge in [0.1, 0.15) is 5.75 Å². The van der Waals surface area contributed by atoms with Crippen LogP contribution in [0, 0.1) is 6.92 Å². The van der Waals surface area contributed by atoms with Crippen molar-refractivity contribution in [1.82, 2.24) is 0 Å². The molecule has 2 N–H and O–H groups in total. The standard InChI is InChI=1S/C15H15NO3/c1-10-4-3-5-12(8-10)16-13-9-11(15(18)19-2)6-7-14(13)17/h3-9,16-17H,1-2H3. The van der Waals surface area contributed by atoms with Gasteiger partial charge in [-0.15, -0.1) is 0 Å². The predicted octanol–water partition coefficient (Wildman–Crippen LogP) is 3.23. The van der Waals surface area contributed by atoms with Crippen LogP contribution in [0.5, 0.6) is 5.75 Å². The maximum absolute atomic E-state index is 11.5. The molecule has 2 rings (SSSR count). The fourth-order valence-electron chi connectivity index (χ4n) is 1.76. The minimum atomic E-state index is -0.438. The molecule has 0 unspecified atom stereocenters. The van der Waals surface area contributed by atoms with Crippen molar-refractivity contribution in [2.75, 3.05) is 12.4 Å². The van der Waals surface area contributed by atoms with Crippen LogP contribution in [0.2, 0.25) is 0 Å². The van der Waals surface area contributed by atoms with E-state index in [1.165, 1.54) is 19.2 Å². The second-order valence-corrected chi connectivity index (χ2v) is 4.22. The van der Waals surface area contributed by atoms with Crippen LogP contribution in [0.15, 0.2) is 42.5 Å². The molecule has 4 heteroatoms. The van der Waals surface area contributed by atoms with Gasteiger partial charge >= 0.3 is 5.97 Å². The number of nitrogens with one attached hydrogen (secondary N) is 1. The number of methoxy groups -OCH3 is 1. The van der Waals surface area contributed by atoms with E-state index < -0.39 is 5.97 Å². The van der Waals surface area contributed by atoms with Crippen molar-refractivity contribution in [3.8, 4) is 5.75 Å². The highest BCUT2D eigenvalue weighted by atomic mass is 16.5. The van der Waals surface area contributed by atoms with Crippen LogP contribution >= 0.6 is 0 Å². The van der Waals surface area contributed by atoms with Gasteiger partial charge in [-0.2, -0.15) is 0 Å². The van der Waals surface area contributed by atoms with E-state index in [-0.39, 0.29) is 5.75 Å². The van der Waals surface area contributed by atoms with Crippen molar-refractivity contribution in [2.24, 2.45) is 0 Å². The van der Waals surface area contributed by atoms with Gasteiger partial charge in [0.2, 0.25) is 0 Å². The van der Waals surface area contributed by atoms with E-state index in [1.54, 1.807) is 6.07 Å². The Morgan fingerprint density at radius 1 is 1.21 bits per heavy atom. The van der Waals surface area contributed by atoms with Crippen molar-refractivity contribution >= 4 is 17.3 Å². The summed E-state index contributed by atoms with van der Waals surface area (Å²) in [7, 11) is 1.32. The van der Waals surface area contributed by atoms with Crippen LogP contribution in [-0.2, 0) is 4.74 Å². The average molecular weight is 257 g/mol. The second-order valence-electron chi connectivity index (χ2n) is 4.22. The van der Waals surface area contributed by atoms with E-state index in [0.29, 0.717) is 11.3 Å². The normalized spacial score (nSPS) is 10.0. The summed E-state index contributed by atoms with van der Waals surface area (Å²) in [6, 6.07) is 12.3. The highest BCUT2D eigenvalue weighted by Crippen LogP contribution is 2.28. The molecule has 0 fully saturated rings. The molecule has 0 saturated heterocycles. The van der Waals surface area contributed by atoms with Gasteiger partial charge in [-0.1, -0.05) is 12.1 Å².